The van der Waals surface area contributed by atoms with Crippen molar-refractivity contribution in [2.75, 3.05) is 0 Å². The van der Waals surface area contributed by atoms with Gasteiger partial charge in [0.15, 0.2) is 0 Å². The summed E-state index contributed by atoms with van der Waals surface area (Å²) in [5.74, 6) is 0. The van der Waals surface area contributed by atoms with E-state index in [0.29, 0.717) is 0 Å². The van der Waals surface area contributed by atoms with Crippen LogP contribution in [0.4, 0.5) is 0 Å². The Kier molecular flexibility index (Phi) is 64.5. The summed E-state index contributed by atoms with van der Waals surface area (Å²) in [5.41, 5.74) is 0. The zero-order valence-electron chi connectivity index (χ0n) is 28.1. The summed E-state index contributed by atoms with van der Waals surface area (Å²) in [6.07, 6.45) is 23.5. The van der Waals surface area contributed by atoms with E-state index in [1.54, 1.807) is 37.8 Å². The quantitative estimate of drug-likeness (QED) is 0.0863. The Labute approximate surface area is 297 Å². The van der Waals surface area contributed by atoms with Gasteiger partial charge >= 0.3 is 229 Å². The predicted octanol–water partition coefficient (Wildman–Crippen LogP) is 15.7. The van der Waals surface area contributed by atoms with Crippen LogP contribution in [-0.4, -0.2) is 0 Å². The van der Waals surface area contributed by atoms with Gasteiger partial charge in [-0.25, -0.2) is 0 Å². The number of hydrogen-bond acceptors (Lipinski definition) is 0. The monoisotopic (exact) mass is 744 g/mol. The van der Waals surface area contributed by atoms with Crippen LogP contribution in [0.15, 0.2) is 0 Å². The van der Waals surface area contributed by atoms with E-state index < -0.39 is 33.2 Å². The molecule has 7 heteroatoms. The van der Waals surface area contributed by atoms with Gasteiger partial charge in [-0.3, -0.25) is 0 Å². The van der Waals surface area contributed by atoms with Crippen molar-refractivity contribution in [3.05, 3.63) is 0 Å². The molecule has 0 rings (SSSR count). The molecule has 0 aromatic rings. The van der Waals surface area contributed by atoms with Crippen molar-refractivity contribution < 1.29 is 54.9 Å². The molecule has 0 radical (unpaired) electrons. The smallest absolute Gasteiger partial charge is 0 e. The maximum absolute atomic E-state index is 2.37. The van der Waals surface area contributed by atoms with E-state index in [4.69, 9.17) is 0 Å². The zero-order chi connectivity index (χ0) is 26.0. The van der Waals surface area contributed by atoms with Gasteiger partial charge in [0.25, 0.3) is 0 Å². The number of unbranched alkanes of at least 4 members (excludes halogenated alkanes) is 8. The molecule has 0 heterocycles. The Bertz CT molecular complexity index is 291. The van der Waals surface area contributed by atoms with Gasteiger partial charge < -0.3 is 0 Å². The van der Waals surface area contributed by atoms with Gasteiger partial charge in [-0.15, -0.1) is 49.6 Å². The molecule has 0 amide bonds. The fourth-order valence-electron chi connectivity index (χ4n) is 5.91. The van der Waals surface area contributed by atoms with Gasteiger partial charge in [-0.05, 0) is 0 Å². The molecule has 244 valence electrons. The molecule has 0 nitrogen and oxygen atoms in total. The average Bonchev–Trinajstić information content (AvgIpc) is 2.87. The fraction of sp³-hybridized carbons (Fsp3) is 1.00. The number of halogens is 4. The van der Waals surface area contributed by atoms with E-state index >= 15 is 0 Å². The molecular weight excluding hydrogens is 670 g/mol. The minimum Gasteiger partial charge on any atom is -0.147 e. The fourth-order valence-corrected chi connectivity index (χ4v) is 24.4. The molecule has 0 aromatic carbocycles. The van der Waals surface area contributed by atoms with Gasteiger partial charge in [-0.2, -0.15) is 0 Å². The van der Waals surface area contributed by atoms with E-state index in [1.807, 2.05) is 0 Å². The first-order chi connectivity index (χ1) is 16.5. The summed E-state index contributed by atoms with van der Waals surface area (Å²) < 4.78 is 13.4. The van der Waals surface area contributed by atoms with Gasteiger partial charge in [0.05, 0.1) is 0 Å². The van der Waals surface area contributed by atoms with Crippen molar-refractivity contribution in [1.82, 2.24) is 0 Å². The standard InChI is InChI=1S/8C4H9.4ClH.3Ti/c8*1-3-4-2;;;;;;;/h8*1,3-4H2,2H3;4*1H;;;. The molecule has 0 spiro atoms. The minimum absolute atomic E-state index is 0. The van der Waals surface area contributed by atoms with Crippen molar-refractivity contribution in [3.8, 4) is 0 Å². The van der Waals surface area contributed by atoms with Crippen LogP contribution in [0.2, 0.25) is 37.8 Å². The van der Waals surface area contributed by atoms with Crippen LogP contribution in [0.1, 0.15) is 158 Å². The first-order valence-corrected chi connectivity index (χ1v) is 25.3. The molecule has 0 unspecified atom stereocenters. The Morgan fingerprint density at radius 3 is 0.436 bits per heavy atom. The van der Waals surface area contributed by atoms with Crippen LogP contribution in [0.3, 0.4) is 0 Å². The molecule has 0 aliphatic carbocycles. The third-order valence-corrected chi connectivity index (χ3v) is 26.2. The van der Waals surface area contributed by atoms with Crippen LogP contribution >= 0.6 is 49.6 Å². The van der Waals surface area contributed by atoms with Crippen LogP contribution < -0.4 is 0 Å². The van der Waals surface area contributed by atoms with Gasteiger partial charge in [-0.1, -0.05) is 0 Å². The normalized spacial score (nSPS) is 10.5. The van der Waals surface area contributed by atoms with Crippen molar-refractivity contribution in [2.45, 2.75) is 196 Å². The molecule has 39 heavy (non-hydrogen) atoms. The maximum atomic E-state index is 2.37. The van der Waals surface area contributed by atoms with Crippen LogP contribution in [0, 0.1) is 0 Å². The van der Waals surface area contributed by atoms with E-state index in [1.165, 1.54) is 103 Å². The zero-order valence-corrected chi connectivity index (χ0v) is 36.1. The first kappa shape index (κ1) is 57.9. The summed E-state index contributed by atoms with van der Waals surface area (Å²) in [5, 5.41) is 0. The topological polar surface area (TPSA) is 0 Å². The first-order valence-electron chi connectivity index (χ1n) is 16.5. The summed E-state index contributed by atoms with van der Waals surface area (Å²) in [6.45, 7) is 18.9. The molecule has 0 N–H and O–H groups in total. The third kappa shape index (κ3) is 34.0. The van der Waals surface area contributed by atoms with Crippen molar-refractivity contribution in [3.63, 3.8) is 0 Å². The van der Waals surface area contributed by atoms with E-state index in [2.05, 4.69) is 55.4 Å². The second kappa shape index (κ2) is 43.4. The predicted molar refractivity (Wildman–Crippen MR) is 187 cm³/mol. The number of hydrogen-bond donors (Lipinski definition) is 0. The van der Waals surface area contributed by atoms with Gasteiger partial charge in [0.2, 0.25) is 0 Å². The van der Waals surface area contributed by atoms with Crippen molar-refractivity contribution in [2.24, 2.45) is 0 Å². The van der Waals surface area contributed by atoms with E-state index in [0.717, 1.165) is 0 Å². The third-order valence-electron chi connectivity index (χ3n) is 8.49. The van der Waals surface area contributed by atoms with E-state index in [9.17, 15) is 0 Å². The number of rotatable bonds is 24. The van der Waals surface area contributed by atoms with Crippen LogP contribution in [-0.2, 0) is 54.9 Å². The van der Waals surface area contributed by atoms with Gasteiger partial charge in [0, 0.05) is 21.7 Å². The summed E-state index contributed by atoms with van der Waals surface area (Å²) >= 11 is -2.87. The van der Waals surface area contributed by atoms with Crippen LogP contribution in [0.5, 0.6) is 0 Å². The summed E-state index contributed by atoms with van der Waals surface area (Å²) in [7, 11) is 0. The Hall–Kier alpha value is 3.30. The SMILES string of the molecule is CCC[CH2][Ti]([CH2]CCC)([CH2]CCC)[CH2]CCC.CCC[CH2][Ti]([CH2]CCC)([CH2]CCC)[CH2]CCC.Cl.Cl.Cl.Cl.[Ti]. The Morgan fingerprint density at radius 2 is 0.359 bits per heavy atom. The summed E-state index contributed by atoms with van der Waals surface area (Å²) in [4.78, 5) is 0. The molecule has 0 saturated carbocycles. The largest absolute Gasteiger partial charge is 0.147 e. The molecule has 0 fully saturated rings. The Balaban J connectivity index is -0.0000000931. The molecule has 0 saturated heterocycles. The molecule has 0 aromatic heterocycles. The maximum Gasteiger partial charge on any atom is 0 e. The molecule has 0 bridgehead atoms. The average molecular weight is 746 g/mol. The van der Waals surface area contributed by atoms with E-state index in [-0.39, 0.29) is 71.3 Å². The second-order valence-electron chi connectivity index (χ2n) is 11.8. The van der Waals surface area contributed by atoms with Gasteiger partial charge in [0.1, 0.15) is 0 Å². The molecule has 0 aliphatic heterocycles. The second-order valence-corrected chi connectivity index (χ2v) is 27.4. The summed E-state index contributed by atoms with van der Waals surface area (Å²) in [6, 6.07) is 0. The molecular formula is C32H76Cl4Ti3. The van der Waals surface area contributed by atoms with Crippen LogP contribution in [0.25, 0.3) is 0 Å². The Morgan fingerprint density at radius 1 is 0.256 bits per heavy atom. The van der Waals surface area contributed by atoms with Crippen molar-refractivity contribution >= 4 is 49.6 Å². The molecule has 0 aliphatic rings. The molecule has 0 atom stereocenters. The minimum atomic E-state index is -1.43. The van der Waals surface area contributed by atoms with Crippen molar-refractivity contribution in [1.29, 1.82) is 0 Å².